The Morgan fingerprint density at radius 3 is 2.69 bits per heavy atom. The van der Waals surface area contributed by atoms with Crippen LogP contribution in [0.3, 0.4) is 0 Å². The lowest BCUT2D eigenvalue weighted by atomic mass is 9.87. The molecule has 0 aromatic carbocycles. The Balaban J connectivity index is 2.98. The zero-order valence-corrected chi connectivity index (χ0v) is 9.22. The molecule has 0 aliphatic rings. The lowest BCUT2D eigenvalue weighted by Crippen LogP contribution is -2.32. The van der Waals surface area contributed by atoms with E-state index in [0.717, 1.165) is 0 Å². The molecular formula is C9H12BrNO2. The first-order valence-electron chi connectivity index (χ1n) is 3.97. The second-order valence-corrected chi connectivity index (χ2v) is 4.37. The highest BCUT2D eigenvalue weighted by Gasteiger charge is 2.30. The lowest BCUT2D eigenvalue weighted by molar-refractivity contribution is 0.0816. The lowest BCUT2D eigenvalue weighted by Gasteiger charge is -2.18. The summed E-state index contributed by atoms with van der Waals surface area (Å²) in [4.78, 5) is 11.8. The van der Waals surface area contributed by atoms with E-state index in [-0.39, 0.29) is 5.78 Å². The van der Waals surface area contributed by atoms with Crippen molar-refractivity contribution in [2.24, 2.45) is 11.1 Å². The average Bonchev–Trinajstić information content (AvgIpc) is 2.50. The highest BCUT2D eigenvalue weighted by Crippen LogP contribution is 2.26. The minimum atomic E-state index is -0.569. The molecule has 2 N–H and O–H groups in total. The van der Waals surface area contributed by atoms with Gasteiger partial charge in [0.15, 0.2) is 5.76 Å². The predicted molar refractivity (Wildman–Crippen MR) is 53.6 cm³/mol. The second kappa shape index (κ2) is 3.64. The minimum Gasteiger partial charge on any atom is -0.460 e. The van der Waals surface area contributed by atoms with Crippen LogP contribution in [0.4, 0.5) is 0 Å². The van der Waals surface area contributed by atoms with Gasteiger partial charge in [-0.3, -0.25) is 4.79 Å². The Bertz CT molecular complexity index is 317. The van der Waals surface area contributed by atoms with Gasteiger partial charge in [0.1, 0.15) is 0 Å². The zero-order valence-electron chi connectivity index (χ0n) is 7.63. The smallest absolute Gasteiger partial charge is 0.205 e. The molecule has 1 aromatic rings. The van der Waals surface area contributed by atoms with Crippen LogP contribution in [0.15, 0.2) is 21.2 Å². The van der Waals surface area contributed by atoms with Gasteiger partial charge in [-0.05, 0) is 22.0 Å². The molecule has 0 fully saturated rings. The van der Waals surface area contributed by atoms with Crippen LogP contribution in [0.2, 0.25) is 0 Å². The molecule has 0 amide bonds. The van der Waals surface area contributed by atoms with Crippen molar-refractivity contribution in [3.63, 3.8) is 0 Å². The maximum absolute atomic E-state index is 11.8. The summed E-state index contributed by atoms with van der Waals surface area (Å²) >= 11 is 3.23. The van der Waals surface area contributed by atoms with Gasteiger partial charge in [-0.1, -0.05) is 13.8 Å². The van der Waals surface area contributed by atoms with Crippen molar-refractivity contribution in [2.75, 3.05) is 6.54 Å². The number of carbonyl (C=O) groups excluding carboxylic acids is 1. The number of furan rings is 1. The largest absolute Gasteiger partial charge is 0.460 e. The fourth-order valence-corrected chi connectivity index (χ4v) is 1.24. The van der Waals surface area contributed by atoms with Crippen LogP contribution >= 0.6 is 15.9 Å². The quantitative estimate of drug-likeness (QED) is 0.832. The molecule has 13 heavy (non-hydrogen) atoms. The van der Waals surface area contributed by atoms with E-state index in [9.17, 15) is 4.79 Å². The van der Waals surface area contributed by atoms with Gasteiger partial charge in [0, 0.05) is 12.0 Å². The van der Waals surface area contributed by atoms with E-state index in [1.54, 1.807) is 19.9 Å². The van der Waals surface area contributed by atoms with Crippen molar-refractivity contribution in [1.29, 1.82) is 0 Å². The molecule has 0 spiro atoms. The first kappa shape index (κ1) is 10.5. The van der Waals surface area contributed by atoms with Crippen molar-refractivity contribution >= 4 is 21.7 Å². The van der Waals surface area contributed by atoms with Crippen molar-refractivity contribution in [2.45, 2.75) is 13.8 Å². The van der Waals surface area contributed by atoms with Gasteiger partial charge in [0.2, 0.25) is 5.78 Å². The molecule has 72 valence electrons. The highest BCUT2D eigenvalue weighted by atomic mass is 79.9. The van der Waals surface area contributed by atoms with Gasteiger partial charge < -0.3 is 10.2 Å². The summed E-state index contributed by atoms with van der Waals surface area (Å²) in [5, 5.41) is 0. The predicted octanol–water partition coefficient (Wildman–Crippen LogP) is 2.21. The SMILES string of the molecule is CC(C)(CN)C(=O)c1occc1Br. The average molecular weight is 246 g/mol. The van der Waals surface area contributed by atoms with Crippen LogP contribution in [0.5, 0.6) is 0 Å². The third-order valence-corrected chi connectivity index (χ3v) is 2.57. The topological polar surface area (TPSA) is 56.2 Å². The minimum absolute atomic E-state index is 0.0770. The van der Waals surface area contributed by atoms with Crippen LogP contribution in [-0.4, -0.2) is 12.3 Å². The number of ketones is 1. The van der Waals surface area contributed by atoms with Crippen LogP contribution in [0.25, 0.3) is 0 Å². The molecule has 1 rings (SSSR count). The van der Waals surface area contributed by atoms with Gasteiger partial charge in [-0.25, -0.2) is 0 Å². The normalized spacial score (nSPS) is 11.7. The van der Waals surface area contributed by atoms with Crippen LogP contribution in [0, 0.1) is 5.41 Å². The van der Waals surface area contributed by atoms with E-state index < -0.39 is 5.41 Å². The first-order chi connectivity index (χ1) is 5.99. The Hall–Kier alpha value is -0.610. The number of hydrogen-bond donors (Lipinski definition) is 1. The van der Waals surface area contributed by atoms with Crippen LogP contribution < -0.4 is 5.73 Å². The van der Waals surface area contributed by atoms with Crippen molar-refractivity contribution in [1.82, 2.24) is 0 Å². The summed E-state index contributed by atoms with van der Waals surface area (Å²) in [6, 6.07) is 1.69. The summed E-state index contributed by atoms with van der Waals surface area (Å²) in [5.74, 6) is 0.266. The van der Waals surface area contributed by atoms with Crippen LogP contribution in [0.1, 0.15) is 24.4 Å². The Morgan fingerprint density at radius 2 is 2.31 bits per heavy atom. The molecule has 0 saturated carbocycles. The molecule has 1 heterocycles. The Morgan fingerprint density at radius 1 is 1.69 bits per heavy atom. The monoisotopic (exact) mass is 245 g/mol. The van der Waals surface area contributed by atoms with E-state index in [1.165, 1.54) is 6.26 Å². The molecule has 0 saturated heterocycles. The molecular weight excluding hydrogens is 234 g/mol. The molecule has 0 bridgehead atoms. The second-order valence-electron chi connectivity index (χ2n) is 3.51. The van der Waals surface area contributed by atoms with Crippen molar-refractivity contribution < 1.29 is 9.21 Å². The van der Waals surface area contributed by atoms with Gasteiger partial charge in [-0.15, -0.1) is 0 Å². The molecule has 0 aliphatic carbocycles. The zero-order chi connectivity index (χ0) is 10.1. The summed E-state index contributed by atoms with van der Waals surface area (Å²) in [6.07, 6.45) is 1.48. The number of carbonyl (C=O) groups is 1. The number of hydrogen-bond acceptors (Lipinski definition) is 3. The van der Waals surface area contributed by atoms with Crippen molar-refractivity contribution in [3.8, 4) is 0 Å². The summed E-state index contributed by atoms with van der Waals surface area (Å²) in [5.41, 5.74) is 4.92. The fraction of sp³-hybridized carbons (Fsp3) is 0.444. The molecule has 1 aromatic heterocycles. The number of rotatable bonds is 3. The highest BCUT2D eigenvalue weighted by molar-refractivity contribution is 9.10. The molecule has 0 atom stereocenters. The summed E-state index contributed by atoms with van der Waals surface area (Å²) in [6.45, 7) is 3.90. The fourth-order valence-electron chi connectivity index (χ4n) is 0.856. The maximum atomic E-state index is 11.8. The molecule has 0 unspecified atom stereocenters. The standard InChI is InChI=1S/C9H12BrNO2/c1-9(2,5-11)8(12)7-6(10)3-4-13-7/h3-4H,5,11H2,1-2H3. The summed E-state index contributed by atoms with van der Waals surface area (Å²) < 4.78 is 5.74. The number of Topliss-reactive ketones (excluding diaryl/α,β-unsaturated/α-hetero) is 1. The first-order valence-corrected chi connectivity index (χ1v) is 4.76. The van der Waals surface area contributed by atoms with E-state index >= 15 is 0 Å². The van der Waals surface area contributed by atoms with Crippen LogP contribution in [-0.2, 0) is 0 Å². The van der Waals surface area contributed by atoms with E-state index in [1.807, 2.05) is 0 Å². The third kappa shape index (κ3) is 2.00. The molecule has 0 aliphatic heterocycles. The maximum Gasteiger partial charge on any atom is 0.205 e. The molecule has 0 radical (unpaired) electrons. The van der Waals surface area contributed by atoms with Gasteiger partial charge in [0.25, 0.3) is 0 Å². The molecule has 3 nitrogen and oxygen atoms in total. The van der Waals surface area contributed by atoms with Gasteiger partial charge in [0.05, 0.1) is 10.7 Å². The van der Waals surface area contributed by atoms with E-state index in [0.29, 0.717) is 16.8 Å². The van der Waals surface area contributed by atoms with E-state index in [4.69, 9.17) is 10.2 Å². The third-order valence-electron chi connectivity index (χ3n) is 1.95. The van der Waals surface area contributed by atoms with E-state index in [2.05, 4.69) is 15.9 Å². The molecule has 4 heteroatoms. The Labute approximate surface area is 85.4 Å². The van der Waals surface area contributed by atoms with Crippen molar-refractivity contribution in [3.05, 3.63) is 22.6 Å². The Kier molecular flexibility index (Phi) is 2.93. The van der Waals surface area contributed by atoms with Gasteiger partial charge >= 0.3 is 0 Å². The number of halogens is 1. The summed E-state index contributed by atoms with van der Waals surface area (Å²) in [7, 11) is 0. The number of nitrogens with two attached hydrogens (primary N) is 1. The van der Waals surface area contributed by atoms with Gasteiger partial charge in [-0.2, -0.15) is 0 Å².